The number of nitrogens with two attached hydrogens (primary N) is 1. The van der Waals surface area contributed by atoms with E-state index in [4.69, 9.17) is 5.73 Å². The number of amides is 1. The Morgan fingerprint density at radius 1 is 1.30 bits per heavy atom. The Hall–Kier alpha value is -1.55. The van der Waals surface area contributed by atoms with Gasteiger partial charge in [-0.3, -0.25) is 4.79 Å². The first-order chi connectivity index (χ1) is 11.1. The fourth-order valence-electron chi connectivity index (χ4n) is 4.52. The first kappa shape index (κ1) is 16.3. The zero-order valence-corrected chi connectivity index (χ0v) is 14.3. The first-order valence-electron chi connectivity index (χ1n) is 8.95. The number of benzene rings is 1. The monoisotopic (exact) mass is 315 g/mol. The van der Waals surface area contributed by atoms with Crippen LogP contribution < -0.4 is 16.0 Å². The van der Waals surface area contributed by atoms with Crippen LogP contribution in [0.4, 0.5) is 5.69 Å². The molecule has 2 aliphatic carbocycles. The van der Waals surface area contributed by atoms with Crippen molar-refractivity contribution in [3.8, 4) is 0 Å². The molecule has 23 heavy (non-hydrogen) atoms. The van der Waals surface area contributed by atoms with Gasteiger partial charge in [0.25, 0.3) is 0 Å². The van der Waals surface area contributed by atoms with Crippen molar-refractivity contribution >= 4 is 11.6 Å². The lowest BCUT2D eigenvalue weighted by Crippen LogP contribution is -2.46. The van der Waals surface area contributed by atoms with Gasteiger partial charge in [-0.1, -0.05) is 18.2 Å². The molecule has 4 heteroatoms. The average molecular weight is 315 g/mol. The van der Waals surface area contributed by atoms with E-state index in [2.05, 4.69) is 48.3 Å². The molecule has 4 unspecified atom stereocenters. The standard InChI is InChI=1S/C19H29N3O/c1-3-22(16-7-5-4-6-13(16)2)11-10-21-19(23)17-14-8-9-15(12-14)18(17)20/h4-7,14-15,17-18H,3,8-12,20H2,1-2H3,(H,21,23). The zero-order valence-electron chi connectivity index (χ0n) is 14.3. The highest BCUT2D eigenvalue weighted by Crippen LogP contribution is 2.47. The molecule has 2 saturated carbocycles. The van der Waals surface area contributed by atoms with E-state index in [1.165, 1.54) is 24.1 Å². The summed E-state index contributed by atoms with van der Waals surface area (Å²) in [6, 6.07) is 8.48. The van der Waals surface area contributed by atoms with Gasteiger partial charge in [0.1, 0.15) is 0 Å². The molecule has 1 aromatic carbocycles. The molecule has 0 aliphatic heterocycles. The van der Waals surface area contributed by atoms with Crippen LogP contribution in [0.25, 0.3) is 0 Å². The molecule has 0 aromatic heterocycles. The van der Waals surface area contributed by atoms with Crippen LogP contribution in [0.2, 0.25) is 0 Å². The Morgan fingerprint density at radius 2 is 2.04 bits per heavy atom. The van der Waals surface area contributed by atoms with Crippen LogP contribution in [0.15, 0.2) is 24.3 Å². The van der Waals surface area contributed by atoms with Gasteiger partial charge < -0.3 is 16.0 Å². The topological polar surface area (TPSA) is 58.4 Å². The van der Waals surface area contributed by atoms with Gasteiger partial charge in [0, 0.05) is 31.4 Å². The van der Waals surface area contributed by atoms with Gasteiger partial charge in [-0.05, 0) is 56.6 Å². The molecule has 2 bridgehead atoms. The molecule has 0 radical (unpaired) electrons. The average Bonchev–Trinajstić information content (AvgIpc) is 3.13. The number of hydrogen-bond acceptors (Lipinski definition) is 3. The Kier molecular flexibility index (Phi) is 4.90. The Labute approximate surface area is 139 Å². The van der Waals surface area contributed by atoms with Crippen molar-refractivity contribution in [2.24, 2.45) is 23.5 Å². The van der Waals surface area contributed by atoms with Crippen molar-refractivity contribution in [2.45, 2.75) is 39.2 Å². The minimum absolute atomic E-state index is 0.0438. The molecule has 3 N–H and O–H groups in total. The molecule has 4 atom stereocenters. The van der Waals surface area contributed by atoms with Crippen molar-refractivity contribution < 1.29 is 4.79 Å². The number of carbonyl (C=O) groups is 1. The van der Waals surface area contributed by atoms with Crippen LogP contribution >= 0.6 is 0 Å². The molecule has 2 aliphatic rings. The van der Waals surface area contributed by atoms with Crippen molar-refractivity contribution in [1.82, 2.24) is 5.32 Å². The van der Waals surface area contributed by atoms with E-state index in [-0.39, 0.29) is 17.9 Å². The minimum atomic E-state index is 0.0438. The van der Waals surface area contributed by atoms with Gasteiger partial charge in [-0.25, -0.2) is 0 Å². The molecule has 1 amide bonds. The van der Waals surface area contributed by atoms with Crippen molar-refractivity contribution in [2.75, 3.05) is 24.5 Å². The van der Waals surface area contributed by atoms with E-state index in [1.54, 1.807) is 0 Å². The van der Waals surface area contributed by atoms with Gasteiger partial charge in [0.05, 0.1) is 5.92 Å². The van der Waals surface area contributed by atoms with E-state index < -0.39 is 0 Å². The summed E-state index contributed by atoms with van der Waals surface area (Å²) in [7, 11) is 0. The smallest absolute Gasteiger partial charge is 0.225 e. The quantitative estimate of drug-likeness (QED) is 0.847. The first-order valence-corrected chi connectivity index (χ1v) is 8.95. The number of nitrogens with one attached hydrogen (secondary N) is 1. The maximum absolute atomic E-state index is 12.5. The van der Waals surface area contributed by atoms with Crippen LogP contribution in [0, 0.1) is 24.7 Å². The van der Waals surface area contributed by atoms with E-state index in [9.17, 15) is 4.79 Å². The third-order valence-corrected chi connectivity index (χ3v) is 5.80. The van der Waals surface area contributed by atoms with E-state index in [1.807, 2.05) is 0 Å². The minimum Gasteiger partial charge on any atom is -0.370 e. The summed E-state index contributed by atoms with van der Waals surface area (Å²) in [6.07, 6.45) is 3.55. The van der Waals surface area contributed by atoms with Gasteiger partial charge in [0.15, 0.2) is 0 Å². The predicted molar refractivity (Wildman–Crippen MR) is 94.4 cm³/mol. The Balaban J connectivity index is 1.52. The number of nitrogens with zero attached hydrogens (tertiary/aromatic N) is 1. The van der Waals surface area contributed by atoms with Crippen molar-refractivity contribution in [3.63, 3.8) is 0 Å². The molecule has 4 nitrogen and oxygen atoms in total. The molecule has 126 valence electrons. The largest absolute Gasteiger partial charge is 0.370 e. The molecule has 0 spiro atoms. The molecule has 2 fully saturated rings. The third-order valence-electron chi connectivity index (χ3n) is 5.80. The lowest BCUT2D eigenvalue weighted by Gasteiger charge is -2.28. The third kappa shape index (κ3) is 3.23. The number of carbonyl (C=O) groups excluding carboxylic acids is 1. The molecule has 0 saturated heterocycles. The van der Waals surface area contributed by atoms with Gasteiger partial charge in [0.2, 0.25) is 5.91 Å². The zero-order chi connectivity index (χ0) is 16.4. The Morgan fingerprint density at radius 3 is 2.70 bits per heavy atom. The normalized spacial score (nSPS) is 28.8. The summed E-state index contributed by atoms with van der Waals surface area (Å²) < 4.78 is 0. The number of anilines is 1. The van der Waals surface area contributed by atoms with Crippen LogP contribution in [0.3, 0.4) is 0 Å². The number of aryl methyl sites for hydroxylation is 1. The lowest BCUT2D eigenvalue weighted by molar-refractivity contribution is -0.126. The molecule has 3 rings (SSSR count). The highest BCUT2D eigenvalue weighted by molar-refractivity contribution is 5.80. The van der Waals surface area contributed by atoms with Gasteiger partial charge in [-0.2, -0.15) is 0 Å². The number of rotatable bonds is 6. The van der Waals surface area contributed by atoms with Gasteiger partial charge >= 0.3 is 0 Å². The summed E-state index contributed by atoms with van der Waals surface area (Å²) in [4.78, 5) is 14.8. The van der Waals surface area contributed by atoms with Crippen LogP contribution in [0.5, 0.6) is 0 Å². The van der Waals surface area contributed by atoms with Gasteiger partial charge in [-0.15, -0.1) is 0 Å². The molecule has 1 aromatic rings. The predicted octanol–water partition coefficient (Wildman–Crippen LogP) is 2.31. The second kappa shape index (κ2) is 6.91. The van der Waals surface area contributed by atoms with E-state index in [0.29, 0.717) is 18.4 Å². The van der Waals surface area contributed by atoms with E-state index in [0.717, 1.165) is 19.5 Å². The summed E-state index contributed by atoms with van der Waals surface area (Å²) in [5, 5.41) is 3.13. The van der Waals surface area contributed by atoms with Crippen molar-refractivity contribution in [3.05, 3.63) is 29.8 Å². The number of likely N-dealkylation sites (N-methyl/N-ethyl adjacent to an activating group) is 1. The number of hydrogen-bond donors (Lipinski definition) is 2. The SMILES string of the molecule is CCN(CCNC(=O)C1C2CCC(C2)C1N)c1ccccc1C. The molecular formula is C19H29N3O. The fourth-order valence-corrected chi connectivity index (χ4v) is 4.52. The maximum atomic E-state index is 12.5. The number of para-hydroxylation sites is 1. The second-order valence-electron chi connectivity index (χ2n) is 7.09. The van der Waals surface area contributed by atoms with Crippen LogP contribution in [0.1, 0.15) is 31.7 Å². The summed E-state index contributed by atoms with van der Waals surface area (Å²) >= 11 is 0. The van der Waals surface area contributed by atoms with E-state index >= 15 is 0 Å². The van der Waals surface area contributed by atoms with Crippen LogP contribution in [-0.2, 0) is 4.79 Å². The molecule has 0 heterocycles. The highest BCUT2D eigenvalue weighted by atomic mass is 16.1. The second-order valence-corrected chi connectivity index (χ2v) is 7.09. The summed E-state index contributed by atoms with van der Waals surface area (Å²) in [5.74, 6) is 1.32. The highest BCUT2D eigenvalue weighted by Gasteiger charge is 2.48. The Bertz CT molecular complexity index is 557. The lowest BCUT2D eigenvalue weighted by atomic mass is 9.84. The van der Waals surface area contributed by atoms with Crippen LogP contribution in [-0.4, -0.2) is 31.6 Å². The fraction of sp³-hybridized carbons (Fsp3) is 0.632. The maximum Gasteiger partial charge on any atom is 0.225 e. The summed E-state index contributed by atoms with van der Waals surface area (Å²) in [5.41, 5.74) is 8.79. The molecular weight excluding hydrogens is 286 g/mol. The number of fused-ring (bicyclic) bond motifs is 2. The summed E-state index contributed by atoms with van der Waals surface area (Å²) in [6.45, 7) is 6.74. The van der Waals surface area contributed by atoms with Crippen molar-refractivity contribution in [1.29, 1.82) is 0 Å².